The fourth-order valence-corrected chi connectivity index (χ4v) is 5.08. The Labute approximate surface area is 208 Å². The fraction of sp³-hybridized carbons (Fsp3) is 0.462. The average Bonchev–Trinajstić information content (AvgIpc) is 3.46. The summed E-state index contributed by atoms with van der Waals surface area (Å²) in [5.41, 5.74) is 0.0128. The number of carbonyl (C=O) groups is 1. The zero-order valence-electron chi connectivity index (χ0n) is 21.2. The van der Waals surface area contributed by atoms with Crippen LogP contribution in [0, 0.1) is 6.92 Å². The summed E-state index contributed by atoms with van der Waals surface area (Å²) in [6.45, 7) is 12.0. The van der Waals surface area contributed by atoms with Gasteiger partial charge in [0.15, 0.2) is 0 Å². The molecule has 1 aliphatic heterocycles. The molecule has 8 nitrogen and oxygen atoms in total. The number of benzene rings is 1. The molecule has 0 atom stereocenters. The molecule has 3 heterocycles. The van der Waals surface area contributed by atoms with Crippen molar-refractivity contribution in [2.45, 2.75) is 66.7 Å². The predicted octanol–water partition coefficient (Wildman–Crippen LogP) is 3.92. The van der Waals surface area contributed by atoms with Crippen LogP contribution in [0.3, 0.4) is 0 Å². The Bertz CT molecular complexity index is 1340. The Morgan fingerprint density at radius 2 is 1.83 bits per heavy atom. The molecule has 1 aliphatic rings. The number of nitrogens with zero attached hydrogens (tertiary/aromatic N) is 3. The van der Waals surface area contributed by atoms with Gasteiger partial charge in [-0.1, -0.05) is 44.2 Å². The predicted molar refractivity (Wildman–Crippen MR) is 140 cm³/mol. The van der Waals surface area contributed by atoms with Gasteiger partial charge in [0.25, 0.3) is 5.56 Å². The van der Waals surface area contributed by atoms with Crippen LogP contribution in [0.15, 0.2) is 44.9 Å². The summed E-state index contributed by atoms with van der Waals surface area (Å²) in [6.07, 6.45) is 0.601. The molecule has 0 spiro atoms. The number of thiophene rings is 1. The highest BCUT2D eigenvalue weighted by atomic mass is 32.1. The van der Waals surface area contributed by atoms with Gasteiger partial charge in [0.05, 0.1) is 16.8 Å². The summed E-state index contributed by atoms with van der Waals surface area (Å²) in [4.78, 5) is 45.0. The molecule has 0 amide bonds. The summed E-state index contributed by atoms with van der Waals surface area (Å²) in [5, 5.41) is 0.407. The first-order valence-electron chi connectivity index (χ1n) is 11.9. The van der Waals surface area contributed by atoms with Gasteiger partial charge in [-0.2, -0.15) is 0 Å². The van der Waals surface area contributed by atoms with Crippen molar-refractivity contribution in [3.63, 3.8) is 0 Å². The average molecular weight is 500 g/mol. The molecule has 4 rings (SSSR count). The van der Waals surface area contributed by atoms with Crippen LogP contribution in [0.1, 0.15) is 50.6 Å². The van der Waals surface area contributed by atoms with Crippen LogP contribution in [-0.2, 0) is 33.8 Å². The Morgan fingerprint density at radius 3 is 2.43 bits per heavy atom. The Morgan fingerprint density at radius 1 is 1.14 bits per heavy atom. The number of fused-ring (bicyclic) bond motifs is 1. The number of rotatable bonds is 6. The van der Waals surface area contributed by atoms with Crippen LogP contribution in [0.2, 0.25) is 0 Å². The first-order chi connectivity index (χ1) is 16.7. The van der Waals surface area contributed by atoms with E-state index in [2.05, 4.69) is 4.99 Å². The van der Waals surface area contributed by atoms with Gasteiger partial charge in [-0.05, 0) is 45.2 Å². The van der Waals surface area contributed by atoms with Gasteiger partial charge in [-0.25, -0.2) is 14.4 Å². The van der Waals surface area contributed by atoms with E-state index in [0.29, 0.717) is 47.8 Å². The zero-order chi connectivity index (χ0) is 25.8. The summed E-state index contributed by atoms with van der Waals surface area (Å²) in [6, 6.07) is 9.81. The van der Waals surface area contributed by atoms with Crippen molar-refractivity contribution in [3.05, 3.63) is 67.2 Å². The second kappa shape index (κ2) is 11.0. The SMILES string of the molecule is CC.Cc1c(C2=NCCO2)sc2c1c(=O)n(CC(=O)OC(C)(C)C)c(=O)n2CCc1ccccc1. The maximum absolute atomic E-state index is 13.4. The Kier molecular flexibility index (Phi) is 8.32. The standard InChI is InChI=1S/C24H27N3O5S.C2H6/c1-15-18-21(29)27(14-17(28)32-24(2,3)4)23(30)26(12-10-16-8-6-5-7-9-16)22(18)33-19(15)20-25-11-13-31-20;1-2/h5-9H,10-14H2,1-4H3;1-2H3. The van der Waals surface area contributed by atoms with Gasteiger partial charge in [-0.15, -0.1) is 11.3 Å². The molecule has 0 bridgehead atoms. The highest BCUT2D eigenvalue weighted by molar-refractivity contribution is 7.20. The third-order valence-electron chi connectivity index (χ3n) is 5.25. The number of aliphatic imine (C=N–C) groups is 1. The largest absolute Gasteiger partial charge is 0.475 e. The van der Waals surface area contributed by atoms with Crippen LogP contribution in [-0.4, -0.2) is 39.8 Å². The summed E-state index contributed by atoms with van der Waals surface area (Å²) < 4.78 is 13.5. The van der Waals surface area contributed by atoms with Crippen LogP contribution >= 0.6 is 11.3 Å². The number of hydrogen-bond acceptors (Lipinski definition) is 7. The lowest BCUT2D eigenvalue weighted by Crippen LogP contribution is -2.42. The zero-order valence-corrected chi connectivity index (χ0v) is 22.0. The van der Waals surface area contributed by atoms with Crippen LogP contribution < -0.4 is 11.2 Å². The van der Waals surface area contributed by atoms with Crippen molar-refractivity contribution in [2.24, 2.45) is 4.99 Å². The van der Waals surface area contributed by atoms with E-state index >= 15 is 0 Å². The fourth-order valence-electron chi connectivity index (χ4n) is 3.80. The summed E-state index contributed by atoms with van der Waals surface area (Å²) >= 11 is 1.33. The normalized spacial score (nSPS) is 13.1. The minimum absolute atomic E-state index is 0.362. The summed E-state index contributed by atoms with van der Waals surface area (Å²) in [7, 11) is 0. The molecule has 3 aromatic rings. The molecule has 0 unspecified atom stereocenters. The molecule has 2 aromatic heterocycles. The van der Waals surface area contributed by atoms with Crippen LogP contribution in [0.25, 0.3) is 10.2 Å². The summed E-state index contributed by atoms with van der Waals surface area (Å²) in [5.74, 6) is -0.138. The van der Waals surface area contributed by atoms with Crippen molar-refractivity contribution < 1.29 is 14.3 Å². The van der Waals surface area contributed by atoms with Crippen molar-refractivity contribution in [1.29, 1.82) is 0 Å². The van der Waals surface area contributed by atoms with E-state index in [1.165, 1.54) is 11.3 Å². The highest BCUT2D eigenvalue weighted by Crippen LogP contribution is 2.30. The minimum Gasteiger partial charge on any atom is -0.475 e. The van der Waals surface area contributed by atoms with E-state index in [1.807, 2.05) is 51.1 Å². The molecule has 0 fully saturated rings. The van der Waals surface area contributed by atoms with E-state index in [1.54, 1.807) is 25.3 Å². The second-order valence-electron chi connectivity index (χ2n) is 8.92. The van der Waals surface area contributed by atoms with Gasteiger partial charge in [-0.3, -0.25) is 14.2 Å². The maximum atomic E-state index is 13.4. The lowest BCUT2D eigenvalue weighted by atomic mass is 10.1. The molecule has 0 saturated heterocycles. The maximum Gasteiger partial charge on any atom is 0.332 e. The van der Waals surface area contributed by atoms with E-state index in [4.69, 9.17) is 9.47 Å². The van der Waals surface area contributed by atoms with Gasteiger partial charge in [0.1, 0.15) is 23.6 Å². The van der Waals surface area contributed by atoms with E-state index in [9.17, 15) is 14.4 Å². The Balaban J connectivity index is 0.00000167. The van der Waals surface area contributed by atoms with Gasteiger partial charge < -0.3 is 9.47 Å². The van der Waals surface area contributed by atoms with Crippen molar-refractivity contribution >= 4 is 33.4 Å². The number of esters is 1. The number of carbonyl (C=O) groups excluding carboxylic acids is 1. The topological polar surface area (TPSA) is 91.9 Å². The van der Waals surface area contributed by atoms with E-state index in [-0.39, 0.29) is 0 Å². The monoisotopic (exact) mass is 499 g/mol. The molecule has 0 aliphatic carbocycles. The molecule has 0 saturated carbocycles. The molecule has 0 N–H and O–H groups in total. The van der Waals surface area contributed by atoms with Gasteiger partial charge in [0.2, 0.25) is 5.90 Å². The first-order valence-corrected chi connectivity index (χ1v) is 12.7. The van der Waals surface area contributed by atoms with E-state index in [0.717, 1.165) is 15.0 Å². The molecular formula is C26H33N3O5S. The van der Waals surface area contributed by atoms with Crippen LogP contribution in [0.4, 0.5) is 0 Å². The quantitative estimate of drug-likeness (QED) is 0.480. The molecule has 0 radical (unpaired) electrons. The smallest absolute Gasteiger partial charge is 0.332 e. The minimum atomic E-state index is -0.722. The number of ether oxygens (including phenoxy) is 2. The van der Waals surface area contributed by atoms with Crippen molar-refractivity contribution in [1.82, 2.24) is 9.13 Å². The lowest BCUT2D eigenvalue weighted by molar-refractivity contribution is -0.155. The lowest BCUT2D eigenvalue weighted by Gasteiger charge is -2.20. The first kappa shape index (κ1) is 26.4. The molecule has 9 heteroatoms. The van der Waals surface area contributed by atoms with Gasteiger partial charge >= 0.3 is 11.7 Å². The molecular weight excluding hydrogens is 466 g/mol. The second-order valence-corrected chi connectivity index (χ2v) is 9.92. The van der Waals surface area contributed by atoms with Crippen molar-refractivity contribution in [2.75, 3.05) is 13.2 Å². The third kappa shape index (κ3) is 5.90. The third-order valence-corrected chi connectivity index (χ3v) is 6.55. The molecule has 188 valence electrons. The molecule has 35 heavy (non-hydrogen) atoms. The Hall–Kier alpha value is -3.20. The van der Waals surface area contributed by atoms with E-state index < -0.39 is 29.4 Å². The number of aryl methyl sites for hydroxylation is 3. The number of hydrogen-bond donors (Lipinski definition) is 0. The molecule has 1 aromatic carbocycles. The van der Waals surface area contributed by atoms with Gasteiger partial charge in [0, 0.05) is 6.54 Å². The highest BCUT2D eigenvalue weighted by Gasteiger charge is 2.26. The van der Waals surface area contributed by atoms with Crippen molar-refractivity contribution in [3.8, 4) is 0 Å². The van der Waals surface area contributed by atoms with Crippen LogP contribution in [0.5, 0.6) is 0 Å². The number of aromatic nitrogens is 2.